The SMILES string of the molecule is COc1cc(C=C(CCCCl)C(=O)NC2Cc3ccccc3C2)ccc1-n1cnc(C)c1. The molecule has 1 N–H and O–H groups in total. The van der Waals surface area contributed by atoms with Crippen LogP contribution >= 0.6 is 11.6 Å². The fourth-order valence-corrected chi connectivity index (χ4v) is 4.33. The molecular formula is C26H28ClN3O2. The van der Waals surface area contributed by atoms with E-state index in [-0.39, 0.29) is 11.9 Å². The van der Waals surface area contributed by atoms with Crippen molar-refractivity contribution in [2.24, 2.45) is 0 Å². The van der Waals surface area contributed by atoms with Crippen LogP contribution in [0.1, 0.15) is 35.2 Å². The molecule has 32 heavy (non-hydrogen) atoms. The largest absolute Gasteiger partial charge is 0.495 e. The van der Waals surface area contributed by atoms with Gasteiger partial charge in [0, 0.05) is 23.7 Å². The van der Waals surface area contributed by atoms with Gasteiger partial charge in [-0.2, -0.15) is 0 Å². The van der Waals surface area contributed by atoms with E-state index in [4.69, 9.17) is 16.3 Å². The third-order valence-corrected chi connectivity index (χ3v) is 6.06. The summed E-state index contributed by atoms with van der Waals surface area (Å²) < 4.78 is 7.55. The van der Waals surface area contributed by atoms with E-state index in [0.717, 1.165) is 47.5 Å². The van der Waals surface area contributed by atoms with E-state index >= 15 is 0 Å². The zero-order valence-corrected chi connectivity index (χ0v) is 19.2. The van der Waals surface area contributed by atoms with Crippen LogP contribution in [0.3, 0.4) is 0 Å². The van der Waals surface area contributed by atoms with Crippen molar-refractivity contribution in [3.63, 3.8) is 0 Å². The highest BCUT2D eigenvalue weighted by atomic mass is 35.5. The Morgan fingerprint density at radius 2 is 2.00 bits per heavy atom. The molecular weight excluding hydrogens is 422 g/mol. The molecule has 6 heteroatoms. The Bertz CT molecular complexity index is 1110. The lowest BCUT2D eigenvalue weighted by Crippen LogP contribution is -2.36. The Kier molecular flexibility index (Phi) is 6.96. The Morgan fingerprint density at radius 1 is 1.25 bits per heavy atom. The fourth-order valence-electron chi connectivity index (χ4n) is 4.20. The molecule has 4 rings (SSSR count). The van der Waals surface area contributed by atoms with Gasteiger partial charge in [0.05, 0.1) is 24.8 Å². The number of nitrogens with zero attached hydrogens (tertiary/aromatic N) is 2. The Hall–Kier alpha value is -3.05. The molecule has 0 saturated carbocycles. The number of amides is 1. The highest BCUT2D eigenvalue weighted by molar-refractivity contribution is 6.17. The van der Waals surface area contributed by atoms with E-state index in [1.807, 2.05) is 42.0 Å². The predicted octanol–water partition coefficient (Wildman–Crippen LogP) is 4.88. The average molecular weight is 450 g/mol. The monoisotopic (exact) mass is 449 g/mol. The number of methoxy groups -OCH3 is 1. The molecule has 0 radical (unpaired) electrons. The van der Waals surface area contributed by atoms with Gasteiger partial charge in [-0.25, -0.2) is 4.98 Å². The topological polar surface area (TPSA) is 56.1 Å². The van der Waals surface area contributed by atoms with Crippen LogP contribution in [-0.2, 0) is 17.6 Å². The zero-order valence-electron chi connectivity index (χ0n) is 18.5. The minimum absolute atomic E-state index is 0.0267. The Labute approximate surface area is 194 Å². The normalized spacial score (nSPS) is 13.8. The van der Waals surface area contributed by atoms with Crippen molar-refractivity contribution in [3.8, 4) is 11.4 Å². The second kappa shape index (κ2) is 10.0. The van der Waals surface area contributed by atoms with Crippen LogP contribution in [0.15, 0.2) is 60.6 Å². The van der Waals surface area contributed by atoms with Gasteiger partial charge in [0.25, 0.3) is 0 Å². The van der Waals surface area contributed by atoms with Crippen LogP contribution in [0.2, 0.25) is 0 Å². The fraction of sp³-hybridized carbons (Fsp3) is 0.308. The van der Waals surface area contributed by atoms with Gasteiger partial charge in [-0.3, -0.25) is 4.79 Å². The lowest BCUT2D eigenvalue weighted by molar-refractivity contribution is -0.118. The maximum Gasteiger partial charge on any atom is 0.247 e. The number of benzene rings is 2. The number of aromatic nitrogens is 2. The summed E-state index contributed by atoms with van der Waals surface area (Å²) in [7, 11) is 1.65. The summed E-state index contributed by atoms with van der Waals surface area (Å²) in [5.74, 6) is 1.21. The first-order valence-corrected chi connectivity index (χ1v) is 11.4. The van der Waals surface area contributed by atoms with E-state index in [1.165, 1.54) is 11.1 Å². The number of imidazole rings is 1. The smallest absolute Gasteiger partial charge is 0.247 e. The first-order valence-electron chi connectivity index (χ1n) is 10.9. The number of carbonyl (C=O) groups excluding carboxylic acids is 1. The molecule has 166 valence electrons. The Morgan fingerprint density at radius 3 is 2.62 bits per heavy atom. The van der Waals surface area contributed by atoms with Crippen molar-refractivity contribution < 1.29 is 9.53 Å². The van der Waals surface area contributed by atoms with Crippen molar-refractivity contribution in [3.05, 3.63) is 82.9 Å². The minimum atomic E-state index is -0.0267. The number of aryl methyl sites for hydroxylation is 1. The number of halogens is 1. The van der Waals surface area contributed by atoms with Crippen molar-refractivity contribution in [2.45, 2.75) is 38.6 Å². The summed E-state index contributed by atoms with van der Waals surface area (Å²) in [6, 6.07) is 14.4. The van der Waals surface area contributed by atoms with Gasteiger partial charge >= 0.3 is 0 Å². The molecule has 1 aromatic heterocycles. The quantitative estimate of drug-likeness (QED) is 0.394. The molecule has 2 aromatic carbocycles. The number of rotatable bonds is 8. The van der Waals surface area contributed by atoms with Crippen molar-refractivity contribution in [1.82, 2.24) is 14.9 Å². The summed E-state index contributed by atoms with van der Waals surface area (Å²) in [6.45, 7) is 1.95. The van der Waals surface area contributed by atoms with E-state index in [1.54, 1.807) is 13.4 Å². The van der Waals surface area contributed by atoms with Gasteiger partial charge in [-0.05, 0) is 67.5 Å². The van der Waals surface area contributed by atoms with Gasteiger partial charge in [-0.15, -0.1) is 11.6 Å². The third-order valence-electron chi connectivity index (χ3n) is 5.79. The van der Waals surface area contributed by atoms with Crippen LogP contribution in [0, 0.1) is 6.92 Å². The number of hydrogen-bond donors (Lipinski definition) is 1. The average Bonchev–Trinajstić information content (AvgIpc) is 3.41. The third kappa shape index (κ3) is 5.05. The molecule has 0 unspecified atom stereocenters. The number of carbonyl (C=O) groups is 1. The maximum absolute atomic E-state index is 13.1. The van der Waals surface area contributed by atoms with Crippen LogP contribution in [0.5, 0.6) is 5.75 Å². The van der Waals surface area contributed by atoms with Crippen molar-refractivity contribution >= 4 is 23.6 Å². The van der Waals surface area contributed by atoms with Crippen LogP contribution < -0.4 is 10.1 Å². The summed E-state index contributed by atoms with van der Waals surface area (Å²) in [4.78, 5) is 17.4. The minimum Gasteiger partial charge on any atom is -0.495 e. The first kappa shape index (κ1) is 22.2. The standard InChI is InChI=1S/C26H28ClN3O2/c1-18-16-30(17-28-18)24-10-9-19(13-25(24)32-2)12-22(8-5-11-27)26(31)29-23-14-20-6-3-4-7-21(20)15-23/h3-4,6-7,9-10,12-13,16-17,23H,5,8,11,14-15H2,1-2H3,(H,29,31). The molecule has 1 aliphatic carbocycles. The van der Waals surface area contributed by atoms with Crippen LogP contribution in [-0.4, -0.2) is 34.5 Å². The summed E-state index contributed by atoms with van der Waals surface area (Å²) in [5, 5.41) is 3.23. The van der Waals surface area contributed by atoms with Gasteiger partial charge in [0.2, 0.25) is 5.91 Å². The summed E-state index contributed by atoms with van der Waals surface area (Å²) >= 11 is 5.94. The second-order valence-corrected chi connectivity index (χ2v) is 8.54. The lowest BCUT2D eigenvalue weighted by atomic mass is 10.0. The molecule has 0 saturated heterocycles. The molecule has 0 fully saturated rings. The first-order chi connectivity index (χ1) is 15.6. The summed E-state index contributed by atoms with van der Waals surface area (Å²) in [5.41, 5.74) is 6.12. The number of alkyl halides is 1. The highest BCUT2D eigenvalue weighted by Gasteiger charge is 2.23. The molecule has 0 aliphatic heterocycles. The number of ether oxygens (including phenoxy) is 1. The van der Waals surface area contributed by atoms with E-state index in [2.05, 4.69) is 34.6 Å². The second-order valence-electron chi connectivity index (χ2n) is 8.16. The Balaban J connectivity index is 1.54. The van der Waals surface area contributed by atoms with Crippen molar-refractivity contribution in [2.75, 3.05) is 13.0 Å². The molecule has 1 aliphatic rings. The van der Waals surface area contributed by atoms with Crippen LogP contribution in [0.25, 0.3) is 11.8 Å². The molecule has 5 nitrogen and oxygen atoms in total. The molecule has 0 spiro atoms. The predicted molar refractivity (Wildman–Crippen MR) is 129 cm³/mol. The van der Waals surface area contributed by atoms with Crippen LogP contribution in [0.4, 0.5) is 0 Å². The number of nitrogens with one attached hydrogen (secondary N) is 1. The molecule has 0 atom stereocenters. The van der Waals surface area contributed by atoms with E-state index in [9.17, 15) is 4.79 Å². The van der Waals surface area contributed by atoms with Gasteiger partial charge in [0.1, 0.15) is 5.75 Å². The highest BCUT2D eigenvalue weighted by Crippen LogP contribution is 2.27. The van der Waals surface area contributed by atoms with E-state index < -0.39 is 0 Å². The molecule has 3 aromatic rings. The summed E-state index contributed by atoms with van der Waals surface area (Å²) in [6.07, 6.45) is 8.77. The maximum atomic E-state index is 13.1. The molecule has 0 bridgehead atoms. The number of hydrogen-bond acceptors (Lipinski definition) is 3. The van der Waals surface area contributed by atoms with Gasteiger partial charge < -0.3 is 14.6 Å². The molecule has 1 amide bonds. The van der Waals surface area contributed by atoms with Crippen molar-refractivity contribution in [1.29, 1.82) is 0 Å². The zero-order chi connectivity index (χ0) is 22.5. The lowest BCUT2D eigenvalue weighted by Gasteiger charge is -2.15. The number of fused-ring (bicyclic) bond motifs is 1. The van der Waals surface area contributed by atoms with E-state index in [0.29, 0.717) is 12.3 Å². The van der Waals surface area contributed by atoms with Gasteiger partial charge in [-0.1, -0.05) is 30.3 Å². The van der Waals surface area contributed by atoms with Gasteiger partial charge in [0.15, 0.2) is 0 Å². The molecule has 1 heterocycles.